The minimum absolute atomic E-state index is 0.0767. The zero-order chi connectivity index (χ0) is 15.0. The first-order valence-electron chi connectivity index (χ1n) is 7.54. The van der Waals surface area contributed by atoms with Crippen molar-refractivity contribution in [2.75, 3.05) is 13.1 Å². The zero-order valence-electron chi connectivity index (χ0n) is 12.3. The molecule has 0 saturated carbocycles. The lowest BCUT2D eigenvalue weighted by molar-refractivity contribution is 0.254. The van der Waals surface area contributed by atoms with Gasteiger partial charge in [0, 0.05) is 25.6 Å². The SMILES string of the molecule is CC1Cc2cc(S(=O)(=O)N3CCCCC3CN)ccc2O1. The Morgan fingerprint density at radius 2 is 2.19 bits per heavy atom. The minimum atomic E-state index is -3.46. The maximum Gasteiger partial charge on any atom is 0.243 e. The van der Waals surface area contributed by atoms with E-state index in [2.05, 4.69) is 0 Å². The molecule has 0 aromatic heterocycles. The number of hydrogen-bond acceptors (Lipinski definition) is 4. The van der Waals surface area contributed by atoms with Crippen molar-refractivity contribution in [3.63, 3.8) is 0 Å². The fraction of sp³-hybridized carbons (Fsp3) is 0.600. The third-order valence-electron chi connectivity index (χ3n) is 4.32. The number of piperidine rings is 1. The number of benzene rings is 1. The predicted octanol–water partition coefficient (Wildman–Crippen LogP) is 1.51. The summed E-state index contributed by atoms with van der Waals surface area (Å²) in [6.07, 6.45) is 3.68. The molecule has 0 radical (unpaired) electrons. The second kappa shape index (κ2) is 5.59. The zero-order valence-corrected chi connectivity index (χ0v) is 13.1. The van der Waals surface area contributed by atoms with Gasteiger partial charge in [-0.2, -0.15) is 4.31 Å². The summed E-state index contributed by atoms with van der Waals surface area (Å²) in [4.78, 5) is 0.360. The van der Waals surface area contributed by atoms with E-state index < -0.39 is 10.0 Å². The molecule has 1 aromatic carbocycles. The highest BCUT2D eigenvalue weighted by molar-refractivity contribution is 7.89. The van der Waals surface area contributed by atoms with E-state index in [1.807, 2.05) is 6.92 Å². The fourth-order valence-electron chi connectivity index (χ4n) is 3.22. The number of hydrogen-bond donors (Lipinski definition) is 1. The van der Waals surface area contributed by atoms with E-state index in [9.17, 15) is 8.42 Å². The molecule has 3 rings (SSSR count). The summed E-state index contributed by atoms with van der Waals surface area (Å²) >= 11 is 0. The van der Waals surface area contributed by atoms with E-state index in [1.165, 1.54) is 0 Å². The van der Waals surface area contributed by atoms with Crippen LogP contribution in [0.1, 0.15) is 31.7 Å². The van der Waals surface area contributed by atoms with E-state index in [0.29, 0.717) is 18.0 Å². The average molecular weight is 310 g/mol. The van der Waals surface area contributed by atoms with Gasteiger partial charge in [-0.05, 0) is 43.5 Å². The molecule has 2 atom stereocenters. The van der Waals surface area contributed by atoms with Crippen molar-refractivity contribution in [3.05, 3.63) is 23.8 Å². The average Bonchev–Trinajstić information content (AvgIpc) is 2.86. The van der Waals surface area contributed by atoms with Crippen LogP contribution < -0.4 is 10.5 Å². The quantitative estimate of drug-likeness (QED) is 0.918. The van der Waals surface area contributed by atoms with Gasteiger partial charge < -0.3 is 10.5 Å². The number of sulfonamides is 1. The molecule has 1 saturated heterocycles. The molecule has 2 aliphatic rings. The predicted molar refractivity (Wildman–Crippen MR) is 80.8 cm³/mol. The van der Waals surface area contributed by atoms with Gasteiger partial charge in [-0.25, -0.2) is 8.42 Å². The molecule has 2 unspecified atom stereocenters. The van der Waals surface area contributed by atoms with Gasteiger partial charge in [0.05, 0.1) is 4.90 Å². The number of nitrogens with two attached hydrogens (primary N) is 1. The highest BCUT2D eigenvalue weighted by Gasteiger charge is 2.33. The standard InChI is InChI=1S/C15H22N2O3S/c1-11-8-12-9-14(5-6-15(12)20-11)21(18,19)17-7-3-2-4-13(17)10-16/h5-6,9,11,13H,2-4,7-8,10,16H2,1H3. The van der Waals surface area contributed by atoms with Crippen LogP contribution in [0.15, 0.2) is 23.1 Å². The molecule has 2 aliphatic heterocycles. The van der Waals surface area contributed by atoms with Crippen molar-refractivity contribution < 1.29 is 13.2 Å². The molecule has 21 heavy (non-hydrogen) atoms. The summed E-state index contributed by atoms with van der Waals surface area (Å²) in [6.45, 7) is 2.93. The van der Waals surface area contributed by atoms with Crippen molar-refractivity contribution in [3.8, 4) is 5.75 Å². The fourth-order valence-corrected chi connectivity index (χ4v) is 4.98. The molecular formula is C15H22N2O3S. The van der Waals surface area contributed by atoms with Crippen LogP contribution in [0.5, 0.6) is 5.75 Å². The summed E-state index contributed by atoms with van der Waals surface area (Å²) < 4.78 is 32.9. The van der Waals surface area contributed by atoms with Crippen LogP contribution in [0, 0.1) is 0 Å². The van der Waals surface area contributed by atoms with E-state index in [4.69, 9.17) is 10.5 Å². The van der Waals surface area contributed by atoms with Gasteiger partial charge in [-0.1, -0.05) is 6.42 Å². The number of ether oxygens (including phenoxy) is 1. The second-order valence-electron chi connectivity index (χ2n) is 5.90. The summed E-state index contributed by atoms with van der Waals surface area (Å²) in [5, 5.41) is 0. The van der Waals surface area contributed by atoms with Crippen LogP contribution in [0.25, 0.3) is 0 Å². The third-order valence-corrected chi connectivity index (χ3v) is 6.27. The third kappa shape index (κ3) is 2.67. The first-order chi connectivity index (χ1) is 10.0. The van der Waals surface area contributed by atoms with Crippen molar-refractivity contribution in [1.29, 1.82) is 0 Å². The largest absolute Gasteiger partial charge is 0.490 e. The minimum Gasteiger partial charge on any atom is -0.490 e. The van der Waals surface area contributed by atoms with Gasteiger partial charge in [0.25, 0.3) is 0 Å². The molecule has 116 valence electrons. The van der Waals surface area contributed by atoms with Crippen LogP contribution >= 0.6 is 0 Å². The number of rotatable bonds is 3. The molecule has 0 bridgehead atoms. The molecule has 1 aromatic rings. The molecular weight excluding hydrogens is 288 g/mol. The maximum atomic E-state index is 12.9. The molecule has 0 aliphatic carbocycles. The highest BCUT2D eigenvalue weighted by Crippen LogP contribution is 2.32. The Morgan fingerprint density at radius 3 is 2.95 bits per heavy atom. The molecule has 6 heteroatoms. The molecule has 2 N–H and O–H groups in total. The monoisotopic (exact) mass is 310 g/mol. The Kier molecular flexibility index (Phi) is 3.94. The second-order valence-corrected chi connectivity index (χ2v) is 7.79. The van der Waals surface area contributed by atoms with E-state index in [1.54, 1.807) is 22.5 Å². The molecule has 0 spiro atoms. The van der Waals surface area contributed by atoms with Gasteiger partial charge in [0.15, 0.2) is 0 Å². The smallest absolute Gasteiger partial charge is 0.243 e. The summed E-state index contributed by atoms with van der Waals surface area (Å²) in [6, 6.07) is 5.10. The lowest BCUT2D eigenvalue weighted by atomic mass is 10.1. The number of fused-ring (bicyclic) bond motifs is 1. The van der Waals surface area contributed by atoms with Crippen molar-refractivity contribution in [1.82, 2.24) is 4.31 Å². The van der Waals surface area contributed by atoms with Crippen LogP contribution in [0.3, 0.4) is 0 Å². The maximum absolute atomic E-state index is 12.9. The van der Waals surface area contributed by atoms with Crippen molar-refractivity contribution in [2.45, 2.75) is 49.6 Å². The van der Waals surface area contributed by atoms with Gasteiger partial charge >= 0.3 is 0 Å². The lowest BCUT2D eigenvalue weighted by Gasteiger charge is -2.33. The van der Waals surface area contributed by atoms with Gasteiger partial charge in [-0.3, -0.25) is 0 Å². The Hall–Kier alpha value is -1.11. The van der Waals surface area contributed by atoms with Crippen LogP contribution in [-0.2, 0) is 16.4 Å². The van der Waals surface area contributed by atoms with Crippen molar-refractivity contribution >= 4 is 10.0 Å². The lowest BCUT2D eigenvalue weighted by Crippen LogP contribution is -2.47. The normalized spacial score (nSPS) is 26.4. The molecule has 1 fully saturated rings. The first kappa shape index (κ1) is 14.8. The van der Waals surface area contributed by atoms with Gasteiger partial charge in [-0.15, -0.1) is 0 Å². The summed E-state index contributed by atoms with van der Waals surface area (Å²) in [5.74, 6) is 0.801. The van der Waals surface area contributed by atoms with Crippen LogP contribution in [0.4, 0.5) is 0 Å². The molecule has 0 amide bonds. The Balaban J connectivity index is 1.93. The topological polar surface area (TPSA) is 72.6 Å². The van der Waals surface area contributed by atoms with Crippen LogP contribution in [0.2, 0.25) is 0 Å². The van der Waals surface area contributed by atoms with E-state index >= 15 is 0 Å². The Labute approximate surface area is 126 Å². The van der Waals surface area contributed by atoms with Gasteiger partial charge in [0.2, 0.25) is 10.0 Å². The van der Waals surface area contributed by atoms with E-state index in [-0.39, 0.29) is 12.1 Å². The van der Waals surface area contributed by atoms with Crippen LogP contribution in [-0.4, -0.2) is 38.0 Å². The summed E-state index contributed by atoms with van der Waals surface area (Å²) in [5.41, 5.74) is 6.73. The Bertz CT molecular complexity index is 630. The highest BCUT2D eigenvalue weighted by atomic mass is 32.2. The van der Waals surface area contributed by atoms with Crippen molar-refractivity contribution in [2.24, 2.45) is 5.73 Å². The Morgan fingerprint density at radius 1 is 1.38 bits per heavy atom. The molecule has 2 heterocycles. The first-order valence-corrected chi connectivity index (χ1v) is 8.98. The van der Waals surface area contributed by atoms with E-state index in [0.717, 1.165) is 37.0 Å². The molecule has 5 nitrogen and oxygen atoms in total. The van der Waals surface area contributed by atoms with Gasteiger partial charge in [0.1, 0.15) is 11.9 Å². The summed E-state index contributed by atoms with van der Waals surface area (Å²) in [7, 11) is -3.46. The number of nitrogens with zero attached hydrogens (tertiary/aromatic N) is 1.